The molecular weight excluding hydrogens is 196 g/mol. The summed E-state index contributed by atoms with van der Waals surface area (Å²) in [7, 11) is 0. The van der Waals surface area contributed by atoms with Crippen molar-refractivity contribution in [3.8, 4) is 0 Å². The monoisotopic (exact) mass is 208 g/mol. The molecule has 0 aliphatic heterocycles. The number of carbonyl (C=O) groups is 2. The van der Waals surface area contributed by atoms with Gasteiger partial charge in [0.05, 0.1) is 12.8 Å². The molecule has 0 saturated heterocycles. The zero-order valence-electron chi connectivity index (χ0n) is 8.16. The van der Waals surface area contributed by atoms with Gasteiger partial charge in [0.25, 0.3) is 0 Å². The Morgan fingerprint density at radius 1 is 1.40 bits per heavy atom. The summed E-state index contributed by atoms with van der Waals surface area (Å²) in [5.74, 6) is -0.551. The number of carbonyl (C=O) groups excluding carboxylic acids is 2. The molecule has 0 unspecified atom stereocenters. The Labute approximate surface area is 86.8 Å². The molecule has 0 spiro atoms. The molecule has 1 fully saturated rings. The highest BCUT2D eigenvalue weighted by atomic mass is 16.3. The van der Waals surface area contributed by atoms with Gasteiger partial charge in [0, 0.05) is 6.04 Å². The normalized spacial score (nSPS) is 14.7. The summed E-state index contributed by atoms with van der Waals surface area (Å²) in [4.78, 5) is 22.4. The Morgan fingerprint density at radius 2 is 2.20 bits per heavy atom. The Bertz CT molecular complexity index is 355. The Hall–Kier alpha value is -1.78. The van der Waals surface area contributed by atoms with Crippen molar-refractivity contribution < 1.29 is 14.0 Å². The highest BCUT2D eigenvalue weighted by molar-refractivity contribution is 6.35. The number of amides is 2. The molecule has 15 heavy (non-hydrogen) atoms. The minimum Gasteiger partial charge on any atom is -0.467 e. The first kappa shape index (κ1) is 9.76. The van der Waals surface area contributed by atoms with E-state index in [1.165, 1.54) is 6.26 Å². The average Bonchev–Trinajstić information content (AvgIpc) is 2.88. The van der Waals surface area contributed by atoms with Crippen LogP contribution in [0.2, 0.25) is 0 Å². The van der Waals surface area contributed by atoms with Gasteiger partial charge in [-0.3, -0.25) is 9.59 Å². The summed E-state index contributed by atoms with van der Waals surface area (Å²) in [5, 5.41) is 5.08. The third kappa shape index (κ3) is 2.83. The van der Waals surface area contributed by atoms with Crippen LogP contribution in [0.3, 0.4) is 0 Å². The molecule has 0 bridgehead atoms. The first-order valence-electron chi connectivity index (χ1n) is 4.87. The van der Waals surface area contributed by atoms with Gasteiger partial charge >= 0.3 is 11.8 Å². The van der Waals surface area contributed by atoms with E-state index in [4.69, 9.17) is 4.42 Å². The highest BCUT2D eigenvalue weighted by Gasteiger charge is 2.26. The maximum absolute atomic E-state index is 11.2. The van der Waals surface area contributed by atoms with Crippen molar-refractivity contribution in [2.45, 2.75) is 25.4 Å². The van der Waals surface area contributed by atoms with Crippen molar-refractivity contribution in [3.05, 3.63) is 24.2 Å². The summed E-state index contributed by atoms with van der Waals surface area (Å²) in [5.41, 5.74) is 0. The largest absolute Gasteiger partial charge is 0.467 e. The standard InChI is InChI=1S/C10H12N2O3/c13-9(10(14)12-7-3-4-7)11-6-8-2-1-5-15-8/h1-2,5,7H,3-4,6H2,(H,11,13)(H,12,14). The molecule has 0 radical (unpaired) electrons. The van der Waals surface area contributed by atoms with E-state index in [9.17, 15) is 9.59 Å². The molecule has 5 heteroatoms. The van der Waals surface area contributed by atoms with E-state index in [0.717, 1.165) is 12.8 Å². The van der Waals surface area contributed by atoms with Crippen LogP contribution in [0, 0.1) is 0 Å². The first-order chi connectivity index (χ1) is 7.25. The first-order valence-corrected chi connectivity index (χ1v) is 4.87. The minimum absolute atomic E-state index is 0.201. The van der Waals surface area contributed by atoms with E-state index >= 15 is 0 Å². The van der Waals surface area contributed by atoms with Gasteiger partial charge in [-0.25, -0.2) is 0 Å². The van der Waals surface area contributed by atoms with E-state index in [-0.39, 0.29) is 12.6 Å². The van der Waals surface area contributed by atoms with Crippen LogP contribution < -0.4 is 10.6 Å². The number of nitrogens with one attached hydrogen (secondary N) is 2. The average molecular weight is 208 g/mol. The van der Waals surface area contributed by atoms with Crippen molar-refractivity contribution in [1.29, 1.82) is 0 Å². The van der Waals surface area contributed by atoms with Crippen molar-refractivity contribution in [2.75, 3.05) is 0 Å². The van der Waals surface area contributed by atoms with Crippen LogP contribution in [0.1, 0.15) is 18.6 Å². The molecule has 1 aliphatic rings. The molecule has 80 valence electrons. The van der Waals surface area contributed by atoms with E-state index in [0.29, 0.717) is 5.76 Å². The Morgan fingerprint density at radius 3 is 2.80 bits per heavy atom. The van der Waals surface area contributed by atoms with Crippen LogP contribution in [0.25, 0.3) is 0 Å². The molecule has 2 N–H and O–H groups in total. The van der Waals surface area contributed by atoms with E-state index < -0.39 is 11.8 Å². The van der Waals surface area contributed by atoms with E-state index in [1.807, 2.05) is 0 Å². The minimum atomic E-state index is -0.613. The van der Waals surface area contributed by atoms with Gasteiger partial charge in [-0.2, -0.15) is 0 Å². The summed E-state index contributed by atoms with van der Waals surface area (Å²) >= 11 is 0. The lowest BCUT2D eigenvalue weighted by atomic mass is 10.4. The number of rotatable bonds is 3. The molecule has 0 atom stereocenters. The summed E-state index contributed by atoms with van der Waals surface area (Å²) in [6.45, 7) is 0.240. The van der Waals surface area contributed by atoms with Gasteiger partial charge < -0.3 is 15.1 Å². The van der Waals surface area contributed by atoms with Gasteiger partial charge in [0.1, 0.15) is 5.76 Å². The molecule has 5 nitrogen and oxygen atoms in total. The number of hydrogen-bond donors (Lipinski definition) is 2. The van der Waals surface area contributed by atoms with Gasteiger partial charge in [-0.15, -0.1) is 0 Å². The van der Waals surface area contributed by atoms with Gasteiger partial charge in [-0.05, 0) is 25.0 Å². The second kappa shape index (κ2) is 4.16. The molecule has 2 rings (SSSR count). The molecule has 1 aromatic rings. The van der Waals surface area contributed by atoms with Crippen molar-refractivity contribution in [2.24, 2.45) is 0 Å². The molecule has 2 amide bonds. The maximum atomic E-state index is 11.2. The fourth-order valence-corrected chi connectivity index (χ4v) is 1.14. The second-order valence-electron chi connectivity index (χ2n) is 3.51. The number of furan rings is 1. The van der Waals surface area contributed by atoms with Crippen LogP contribution >= 0.6 is 0 Å². The van der Waals surface area contributed by atoms with Crippen LogP contribution in [0.4, 0.5) is 0 Å². The summed E-state index contributed by atoms with van der Waals surface area (Å²) in [6.07, 6.45) is 3.46. The lowest BCUT2D eigenvalue weighted by Gasteiger charge is -2.03. The fraction of sp³-hybridized carbons (Fsp3) is 0.400. The van der Waals surface area contributed by atoms with Crippen LogP contribution in [-0.4, -0.2) is 17.9 Å². The van der Waals surface area contributed by atoms with E-state index in [2.05, 4.69) is 10.6 Å². The predicted molar refractivity (Wildman–Crippen MR) is 51.7 cm³/mol. The third-order valence-electron chi connectivity index (χ3n) is 2.12. The molecule has 1 heterocycles. The van der Waals surface area contributed by atoms with Crippen LogP contribution in [-0.2, 0) is 16.1 Å². The lowest BCUT2D eigenvalue weighted by molar-refractivity contribution is -0.139. The number of hydrogen-bond acceptors (Lipinski definition) is 3. The molecular formula is C10H12N2O3. The zero-order valence-corrected chi connectivity index (χ0v) is 8.16. The predicted octanol–water partition coefficient (Wildman–Crippen LogP) is 0.174. The highest BCUT2D eigenvalue weighted by Crippen LogP contribution is 2.18. The molecule has 1 saturated carbocycles. The lowest BCUT2D eigenvalue weighted by Crippen LogP contribution is -2.40. The zero-order chi connectivity index (χ0) is 10.7. The van der Waals surface area contributed by atoms with Gasteiger partial charge in [-0.1, -0.05) is 0 Å². The Kier molecular flexibility index (Phi) is 2.71. The van der Waals surface area contributed by atoms with Crippen molar-refractivity contribution in [1.82, 2.24) is 10.6 Å². The van der Waals surface area contributed by atoms with Crippen LogP contribution in [0.5, 0.6) is 0 Å². The SMILES string of the molecule is O=C(NCc1ccco1)C(=O)NC1CC1. The van der Waals surface area contributed by atoms with Gasteiger partial charge in [0.15, 0.2) is 0 Å². The second-order valence-corrected chi connectivity index (χ2v) is 3.51. The van der Waals surface area contributed by atoms with Crippen molar-refractivity contribution in [3.63, 3.8) is 0 Å². The van der Waals surface area contributed by atoms with Crippen molar-refractivity contribution >= 4 is 11.8 Å². The van der Waals surface area contributed by atoms with Gasteiger partial charge in [0.2, 0.25) is 0 Å². The Balaban J connectivity index is 1.73. The topological polar surface area (TPSA) is 71.3 Å². The van der Waals surface area contributed by atoms with E-state index in [1.54, 1.807) is 12.1 Å². The molecule has 0 aromatic carbocycles. The molecule has 1 aromatic heterocycles. The maximum Gasteiger partial charge on any atom is 0.309 e. The fourth-order valence-electron chi connectivity index (χ4n) is 1.14. The van der Waals surface area contributed by atoms with Crippen LogP contribution in [0.15, 0.2) is 22.8 Å². The third-order valence-corrected chi connectivity index (χ3v) is 2.12. The quantitative estimate of drug-likeness (QED) is 0.696. The summed E-state index contributed by atoms with van der Waals surface area (Å²) in [6, 6.07) is 3.66. The summed E-state index contributed by atoms with van der Waals surface area (Å²) < 4.78 is 5.01. The smallest absolute Gasteiger partial charge is 0.309 e. The molecule has 1 aliphatic carbocycles.